The predicted octanol–water partition coefficient (Wildman–Crippen LogP) is 2.32. The van der Waals surface area contributed by atoms with Gasteiger partial charge in [-0.05, 0) is 18.1 Å². The Hall–Kier alpha value is -2.76. The molecule has 110 valence electrons. The van der Waals surface area contributed by atoms with E-state index in [0.29, 0.717) is 18.8 Å². The molecule has 0 aliphatic heterocycles. The van der Waals surface area contributed by atoms with E-state index in [2.05, 4.69) is 15.5 Å². The average Bonchev–Trinajstić information content (AvgIpc) is 2.91. The van der Waals surface area contributed by atoms with Crippen molar-refractivity contribution in [1.82, 2.24) is 15.5 Å². The number of H-pyrrole nitrogens is 1. The number of nitrogens with one attached hydrogen (secondary N) is 2. The van der Waals surface area contributed by atoms with E-state index < -0.39 is 6.09 Å². The number of nitrogens with zero attached hydrogens (tertiary/aromatic N) is 1. The van der Waals surface area contributed by atoms with Gasteiger partial charge in [-0.3, -0.25) is 5.10 Å². The van der Waals surface area contributed by atoms with Crippen molar-refractivity contribution in [3.05, 3.63) is 53.7 Å². The number of anilines is 1. The first-order valence-electron chi connectivity index (χ1n) is 6.66. The molecular formula is C15H18N4O2. The molecule has 6 heteroatoms. The summed E-state index contributed by atoms with van der Waals surface area (Å²) in [7, 11) is 0. The van der Waals surface area contributed by atoms with Crippen molar-refractivity contribution in [2.24, 2.45) is 0 Å². The highest BCUT2D eigenvalue weighted by molar-refractivity contribution is 5.67. The summed E-state index contributed by atoms with van der Waals surface area (Å²) in [6.07, 6.45) is 4.06. The molecule has 1 aromatic carbocycles. The Morgan fingerprint density at radius 3 is 2.90 bits per heavy atom. The van der Waals surface area contributed by atoms with Crippen LogP contribution in [0.4, 0.5) is 10.6 Å². The molecule has 0 fully saturated rings. The lowest BCUT2D eigenvalue weighted by Gasteiger charge is -2.05. The van der Waals surface area contributed by atoms with Crippen LogP contribution in [0.15, 0.2) is 42.5 Å². The van der Waals surface area contributed by atoms with Crippen molar-refractivity contribution < 1.29 is 9.53 Å². The summed E-state index contributed by atoms with van der Waals surface area (Å²) in [6, 6.07) is 11.3. The summed E-state index contributed by atoms with van der Waals surface area (Å²) < 4.78 is 5.09. The minimum absolute atomic E-state index is 0.274. The molecule has 6 nitrogen and oxygen atoms in total. The summed E-state index contributed by atoms with van der Waals surface area (Å²) in [5.74, 6) is 0.456. The van der Waals surface area contributed by atoms with Crippen LogP contribution >= 0.6 is 0 Å². The van der Waals surface area contributed by atoms with Gasteiger partial charge < -0.3 is 15.8 Å². The fraction of sp³-hybridized carbons (Fsp3) is 0.200. The lowest BCUT2D eigenvalue weighted by Crippen LogP contribution is -2.24. The highest BCUT2D eigenvalue weighted by Crippen LogP contribution is 2.03. The maximum Gasteiger partial charge on any atom is 0.407 e. The maximum atomic E-state index is 11.5. The first-order chi connectivity index (χ1) is 10.2. The predicted molar refractivity (Wildman–Crippen MR) is 81.3 cm³/mol. The second kappa shape index (κ2) is 7.74. The Kier molecular flexibility index (Phi) is 5.40. The Morgan fingerprint density at radius 1 is 1.38 bits per heavy atom. The van der Waals surface area contributed by atoms with Crippen molar-refractivity contribution in [2.75, 3.05) is 12.3 Å². The Bertz CT molecular complexity index is 593. The van der Waals surface area contributed by atoms with E-state index in [9.17, 15) is 4.79 Å². The van der Waals surface area contributed by atoms with Gasteiger partial charge in [-0.1, -0.05) is 36.4 Å². The fourth-order valence-electron chi connectivity index (χ4n) is 1.68. The monoisotopic (exact) mass is 286 g/mol. The Morgan fingerprint density at radius 2 is 2.19 bits per heavy atom. The van der Waals surface area contributed by atoms with E-state index in [1.165, 1.54) is 0 Å². The third-order valence-corrected chi connectivity index (χ3v) is 2.71. The molecule has 0 aliphatic rings. The molecule has 1 amide bonds. The van der Waals surface area contributed by atoms with Crippen LogP contribution in [0.5, 0.6) is 0 Å². The average molecular weight is 286 g/mol. The largest absolute Gasteiger partial charge is 0.445 e. The third kappa shape index (κ3) is 5.40. The van der Waals surface area contributed by atoms with Gasteiger partial charge >= 0.3 is 6.09 Å². The van der Waals surface area contributed by atoms with Crippen LogP contribution in [-0.2, 0) is 11.3 Å². The Balaban J connectivity index is 1.60. The van der Waals surface area contributed by atoms with Gasteiger partial charge in [0.25, 0.3) is 0 Å². The van der Waals surface area contributed by atoms with Crippen LogP contribution in [-0.4, -0.2) is 22.8 Å². The first-order valence-corrected chi connectivity index (χ1v) is 6.66. The van der Waals surface area contributed by atoms with Crippen molar-refractivity contribution >= 4 is 18.0 Å². The van der Waals surface area contributed by atoms with Crippen molar-refractivity contribution in [3.63, 3.8) is 0 Å². The number of hydrogen-bond acceptors (Lipinski definition) is 4. The number of amides is 1. The molecule has 1 aromatic heterocycles. The van der Waals surface area contributed by atoms with E-state index in [1.807, 2.05) is 42.5 Å². The van der Waals surface area contributed by atoms with E-state index in [1.54, 1.807) is 6.07 Å². The number of ether oxygens (including phenoxy) is 1. The lowest BCUT2D eigenvalue weighted by atomic mass is 10.2. The zero-order valence-electron chi connectivity index (χ0n) is 11.6. The number of nitrogens with two attached hydrogens (primary N) is 1. The molecule has 0 saturated carbocycles. The second-order valence-corrected chi connectivity index (χ2v) is 4.43. The second-order valence-electron chi connectivity index (χ2n) is 4.43. The number of aromatic amines is 1. The lowest BCUT2D eigenvalue weighted by molar-refractivity contribution is 0.140. The number of hydrogen-bond donors (Lipinski definition) is 3. The van der Waals surface area contributed by atoms with Gasteiger partial charge in [0.15, 0.2) is 0 Å². The molecule has 0 aliphatic carbocycles. The van der Waals surface area contributed by atoms with Crippen molar-refractivity contribution in [1.29, 1.82) is 0 Å². The summed E-state index contributed by atoms with van der Waals surface area (Å²) in [5, 5.41) is 9.26. The van der Waals surface area contributed by atoms with Gasteiger partial charge in [0.05, 0.1) is 5.69 Å². The molecule has 4 N–H and O–H groups in total. The highest BCUT2D eigenvalue weighted by atomic mass is 16.5. The minimum Gasteiger partial charge on any atom is -0.445 e. The van der Waals surface area contributed by atoms with Gasteiger partial charge in [-0.15, -0.1) is 0 Å². The normalized spacial score (nSPS) is 10.7. The minimum atomic E-state index is -0.418. The number of nitrogen functional groups attached to an aromatic ring is 1. The topological polar surface area (TPSA) is 93.0 Å². The molecular weight excluding hydrogens is 268 g/mol. The molecule has 0 saturated heterocycles. The molecule has 2 rings (SSSR count). The molecule has 1 heterocycles. The summed E-state index contributed by atoms with van der Waals surface area (Å²) in [4.78, 5) is 11.5. The van der Waals surface area contributed by atoms with Gasteiger partial charge in [0, 0.05) is 12.6 Å². The number of alkyl carbamates (subject to hydrolysis) is 1. The van der Waals surface area contributed by atoms with Crippen molar-refractivity contribution in [3.8, 4) is 0 Å². The van der Waals surface area contributed by atoms with Gasteiger partial charge in [0.1, 0.15) is 12.4 Å². The summed E-state index contributed by atoms with van der Waals surface area (Å²) in [5.41, 5.74) is 7.28. The molecule has 0 unspecified atom stereocenters. The maximum absolute atomic E-state index is 11.5. The van der Waals surface area contributed by atoms with Gasteiger partial charge in [0.2, 0.25) is 0 Å². The quantitative estimate of drug-likeness (QED) is 0.710. The van der Waals surface area contributed by atoms with E-state index in [4.69, 9.17) is 10.5 Å². The first kappa shape index (κ1) is 14.6. The molecule has 2 aromatic rings. The van der Waals surface area contributed by atoms with Crippen LogP contribution in [0, 0.1) is 0 Å². The number of benzene rings is 1. The number of carbonyl (C=O) groups is 1. The molecule has 0 atom stereocenters. The SMILES string of the molecule is Nc1cc(C=CCCNC(=O)OCc2ccccc2)[nH]n1. The van der Waals surface area contributed by atoms with Crippen LogP contribution in [0.2, 0.25) is 0 Å². The molecule has 0 spiro atoms. The zero-order chi connectivity index (χ0) is 14.9. The van der Waals surface area contributed by atoms with Gasteiger partial charge in [-0.25, -0.2) is 4.79 Å². The smallest absolute Gasteiger partial charge is 0.407 e. The van der Waals surface area contributed by atoms with Gasteiger partial charge in [-0.2, -0.15) is 5.10 Å². The van der Waals surface area contributed by atoms with Crippen molar-refractivity contribution in [2.45, 2.75) is 13.0 Å². The van der Waals surface area contributed by atoms with E-state index >= 15 is 0 Å². The van der Waals surface area contributed by atoms with Crippen LogP contribution in [0.25, 0.3) is 6.08 Å². The highest BCUT2D eigenvalue weighted by Gasteiger charge is 2.00. The molecule has 0 bridgehead atoms. The fourth-order valence-corrected chi connectivity index (χ4v) is 1.68. The molecule has 0 radical (unpaired) electrons. The van der Waals surface area contributed by atoms with E-state index in [0.717, 1.165) is 11.3 Å². The standard InChI is InChI=1S/C15H18N4O2/c16-14-10-13(18-19-14)8-4-5-9-17-15(20)21-11-12-6-2-1-3-7-12/h1-4,6-8,10H,5,9,11H2,(H,17,20)(H3,16,18,19). The Labute approximate surface area is 123 Å². The zero-order valence-corrected chi connectivity index (χ0v) is 11.6. The van der Waals surface area contributed by atoms with Crippen LogP contribution in [0.3, 0.4) is 0 Å². The third-order valence-electron chi connectivity index (χ3n) is 2.71. The number of rotatable bonds is 6. The van der Waals surface area contributed by atoms with E-state index in [-0.39, 0.29) is 6.61 Å². The summed E-state index contributed by atoms with van der Waals surface area (Å²) >= 11 is 0. The van der Waals surface area contributed by atoms with Crippen LogP contribution in [0.1, 0.15) is 17.7 Å². The number of aromatic nitrogens is 2. The van der Waals surface area contributed by atoms with Crippen LogP contribution < -0.4 is 11.1 Å². The summed E-state index contributed by atoms with van der Waals surface area (Å²) in [6.45, 7) is 0.781. The number of carbonyl (C=O) groups excluding carboxylic acids is 1. The molecule has 21 heavy (non-hydrogen) atoms.